The lowest BCUT2D eigenvalue weighted by atomic mass is 10.3. The zero-order valence-corrected chi connectivity index (χ0v) is 9.75. The van der Waals surface area contributed by atoms with E-state index in [1.807, 2.05) is 0 Å². The molecule has 0 bridgehead atoms. The van der Waals surface area contributed by atoms with Crippen LogP contribution < -0.4 is 5.73 Å². The first kappa shape index (κ1) is 13.7. The maximum atomic E-state index is 12.0. The van der Waals surface area contributed by atoms with Crippen molar-refractivity contribution in [3.63, 3.8) is 0 Å². The minimum absolute atomic E-state index is 0.0826. The fourth-order valence-electron chi connectivity index (χ4n) is 1.36. The number of nitrogens with zero attached hydrogens (tertiary/aromatic N) is 3. The summed E-state index contributed by atoms with van der Waals surface area (Å²) in [6, 6.07) is 1.61. The van der Waals surface area contributed by atoms with E-state index in [1.54, 1.807) is 20.0 Å². The molecule has 1 aromatic heterocycles. The quantitative estimate of drug-likeness (QED) is 0.882. The third-order valence-electron chi connectivity index (χ3n) is 2.11. The van der Waals surface area contributed by atoms with Gasteiger partial charge in [-0.2, -0.15) is 13.2 Å². The van der Waals surface area contributed by atoms with Crippen molar-refractivity contribution in [1.29, 1.82) is 0 Å². The third-order valence-corrected chi connectivity index (χ3v) is 2.11. The Morgan fingerprint density at radius 2 is 2.00 bits per heavy atom. The van der Waals surface area contributed by atoms with Crippen LogP contribution in [0.5, 0.6) is 0 Å². The van der Waals surface area contributed by atoms with E-state index in [0.717, 1.165) is 0 Å². The van der Waals surface area contributed by atoms with E-state index in [9.17, 15) is 13.2 Å². The topological polar surface area (TPSA) is 55.0 Å². The second-order valence-electron chi connectivity index (χ2n) is 3.95. The molecule has 0 saturated carbocycles. The molecule has 0 aliphatic rings. The number of aromatic nitrogens is 2. The first-order chi connectivity index (χ1) is 7.76. The van der Waals surface area contributed by atoms with Gasteiger partial charge in [0.25, 0.3) is 0 Å². The van der Waals surface area contributed by atoms with Crippen LogP contribution in [0.25, 0.3) is 0 Å². The van der Waals surface area contributed by atoms with Crippen molar-refractivity contribution >= 4 is 5.82 Å². The van der Waals surface area contributed by atoms with Gasteiger partial charge in [0.05, 0.1) is 13.0 Å². The van der Waals surface area contributed by atoms with E-state index in [2.05, 4.69) is 9.97 Å². The molecule has 0 radical (unpaired) electrons. The van der Waals surface area contributed by atoms with E-state index in [4.69, 9.17) is 5.73 Å². The van der Waals surface area contributed by atoms with Crippen molar-refractivity contribution in [2.75, 3.05) is 19.3 Å². The first-order valence-electron chi connectivity index (χ1n) is 5.11. The Bertz CT molecular complexity index is 358. The molecular formula is C10H15F3N4. The molecule has 0 unspecified atom stereocenters. The van der Waals surface area contributed by atoms with Crippen LogP contribution in [0, 0.1) is 6.92 Å². The third kappa shape index (κ3) is 5.48. The minimum Gasteiger partial charge on any atom is -0.384 e. The Kier molecular flexibility index (Phi) is 4.28. The molecule has 2 N–H and O–H groups in total. The van der Waals surface area contributed by atoms with Gasteiger partial charge in [0, 0.05) is 18.3 Å². The lowest BCUT2D eigenvalue weighted by Gasteiger charge is -2.16. The van der Waals surface area contributed by atoms with Gasteiger partial charge in [-0.25, -0.2) is 9.97 Å². The van der Waals surface area contributed by atoms with E-state index in [0.29, 0.717) is 17.3 Å². The average Bonchev–Trinajstić information content (AvgIpc) is 2.11. The lowest BCUT2D eigenvalue weighted by Crippen LogP contribution is -2.25. The molecular weight excluding hydrogens is 233 g/mol. The van der Waals surface area contributed by atoms with E-state index in [-0.39, 0.29) is 13.1 Å². The maximum absolute atomic E-state index is 12.0. The number of hydrogen-bond acceptors (Lipinski definition) is 4. The lowest BCUT2D eigenvalue weighted by molar-refractivity contribution is -0.137. The summed E-state index contributed by atoms with van der Waals surface area (Å²) in [5, 5.41) is 0. The average molecular weight is 248 g/mol. The highest BCUT2D eigenvalue weighted by atomic mass is 19.4. The molecule has 96 valence electrons. The van der Waals surface area contributed by atoms with E-state index < -0.39 is 12.6 Å². The van der Waals surface area contributed by atoms with Gasteiger partial charge in [0.2, 0.25) is 0 Å². The van der Waals surface area contributed by atoms with Crippen LogP contribution >= 0.6 is 0 Å². The van der Waals surface area contributed by atoms with Gasteiger partial charge in [-0.3, -0.25) is 4.90 Å². The summed E-state index contributed by atoms with van der Waals surface area (Å²) < 4.78 is 36.0. The molecule has 0 atom stereocenters. The molecule has 0 amide bonds. The van der Waals surface area contributed by atoms with E-state index >= 15 is 0 Å². The normalized spacial score (nSPS) is 12.1. The fraction of sp³-hybridized carbons (Fsp3) is 0.600. The number of halogens is 3. The highest BCUT2D eigenvalue weighted by Crippen LogP contribution is 2.19. The van der Waals surface area contributed by atoms with Crippen LogP contribution in [-0.2, 0) is 6.54 Å². The van der Waals surface area contributed by atoms with Crippen LogP contribution in [0.1, 0.15) is 17.9 Å². The van der Waals surface area contributed by atoms with Crippen molar-refractivity contribution in [3.8, 4) is 0 Å². The number of hydrogen-bond donors (Lipinski definition) is 1. The Hall–Kier alpha value is -1.37. The van der Waals surface area contributed by atoms with Crippen LogP contribution in [0.3, 0.4) is 0 Å². The zero-order valence-electron chi connectivity index (χ0n) is 9.75. The predicted molar refractivity (Wildman–Crippen MR) is 58.2 cm³/mol. The predicted octanol–water partition coefficient (Wildman–Crippen LogP) is 1.75. The molecule has 0 aliphatic carbocycles. The summed E-state index contributed by atoms with van der Waals surface area (Å²) in [7, 11) is 1.59. The Labute approximate surface area is 97.7 Å². The molecule has 0 aromatic carbocycles. The molecule has 0 aliphatic heterocycles. The number of nitrogen functional groups attached to an aromatic ring is 1. The van der Waals surface area contributed by atoms with Crippen molar-refractivity contribution in [2.45, 2.75) is 26.1 Å². The van der Waals surface area contributed by atoms with Gasteiger partial charge in [0.15, 0.2) is 0 Å². The standard InChI is InChI=1S/C10H15F3N4/c1-7-5-8(14)16-9(15-7)6-17(2)4-3-10(11,12)13/h5H,3-4,6H2,1-2H3,(H2,14,15,16). The summed E-state index contributed by atoms with van der Waals surface area (Å²) in [5.41, 5.74) is 6.23. The van der Waals surface area contributed by atoms with Gasteiger partial charge < -0.3 is 5.73 Å². The molecule has 1 heterocycles. The van der Waals surface area contributed by atoms with Crippen LogP contribution in [-0.4, -0.2) is 34.6 Å². The van der Waals surface area contributed by atoms with Crippen LogP contribution in [0.15, 0.2) is 6.07 Å². The molecule has 0 spiro atoms. The summed E-state index contributed by atoms with van der Waals surface area (Å²) in [6.45, 7) is 1.93. The summed E-state index contributed by atoms with van der Waals surface area (Å²) in [4.78, 5) is 9.58. The Morgan fingerprint density at radius 3 is 2.53 bits per heavy atom. The second-order valence-corrected chi connectivity index (χ2v) is 3.95. The Balaban J connectivity index is 2.53. The number of alkyl halides is 3. The van der Waals surface area contributed by atoms with Gasteiger partial charge >= 0.3 is 6.18 Å². The van der Waals surface area contributed by atoms with Gasteiger partial charge in [-0.1, -0.05) is 0 Å². The first-order valence-corrected chi connectivity index (χ1v) is 5.11. The fourth-order valence-corrected chi connectivity index (χ4v) is 1.36. The van der Waals surface area contributed by atoms with Gasteiger partial charge in [0.1, 0.15) is 11.6 Å². The molecule has 7 heteroatoms. The number of nitrogens with two attached hydrogens (primary N) is 1. The summed E-state index contributed by atoms with van der Waals surface area (Å²) in [6.07, 6.45) is -4.98. The highest BCUT2D eigenvalue weighted by molar-refractivity contribution is 5.29. The zero-order chi connectivity index (χ0) is 13.1. The SMILES string of the molecule is Cc1cc(N)nc(CN(C)CCC(F)(F)F)n1. The largest absolute Gasteiger partial charge is 0.390 e. The summed E-state index contributed by atoms with van der Waals surface area (Å²) in [5.74, 6) is 0.767. The highest BCUT2D eigenvalue weighted by Gasteiger charge is 2.27. The van der Waals surface area contributed by atoms with Crippen molar-refractivity contribution in [3.05, 3.63) is 17.6 Å². The summed E-state index contributed by atoms with van der Waals surface area (Å²) >= 11 is 0. The smallest absolute Gasteiger partial charge is 0.384 e. The van der Waals surface area contributed by atoms with Crippen molar-refractivity contribution in [2.24, 2.45) is 0 Å². The second kappa shape index (κ2) is 5.31. The van der Waals surface area contributed by atoms with Crippen LogP contribution in [0.4, 0.5) is 19.0 Å². The van der Waals surface area contributed by atoms with E-state index in [1.165, 1.54) is 4.90 Å². The monoisotopic (exact) mass is 248 g/mol. The van der Waals surface area contributed by atoms with Gasteiger partial charge in [-0.15, -0.1) is 0 Å². The van der Waals surface area contributed by atoms with Gasteiger partial charge in [-0.05, 0) is 14.0 Å². The number of anilines is 1. The number of rotatable bonds is 4. The minimum atomic E-state index is -4.14. The van der Waals surface area contributed by atoms with Crippen molar-refractivity contribution < 1.29 is 13.2 Å². The molecule has 0 saturated heterocycles. The number of aryl methyl sites for hydroxylation is 1. The molecule has 4 nitrogen and oxygen atoms in total. The molecule has 1 aromatic rings. The maximum Gasteiger partial charge on any atom is 0.390 e. The Morgan fingerprint density at radius 1 is 1.35 bits per heavy atom. The molecule has 0 fully saturated rings. The van der Waals surface area contributed by atoms with Crippen LogP contribution in [0.2, 0.25) is 0 Å². The molecule has 17 heavy (non-hydrogen) atoms. The van der Waals surface area contributed by atoms with Crippen molar-refractivity contribution in [1.82, 2.24) is 14.9 Å². The molecule has 1 rings (SSSR count).